The zero-order chi connectivity index (χ0) is 14.8. The van der Waals surface area contributed by atoms with Crippen LogP contribution in [0.15, 0.2) is 37.0 Å². The van der Waals surface area contributed by atoms with Gasteiger partial charge >= 0.3 is 5.97 Å². The Morgan fingerprint density at radius 2 is 1.95 bits per heavy atom. The number of para-hydroxylation sites is 1. The summed E-state index contributed by atoms with van der Waals surface area (Å²) in [6.45, 7) is 4.31. The van der Waals surface area contributed by atoms with Crippen LogP contribution in [0.2, 0.25) is 0 Å². The van der Waals surface area contributed by atoms with Crippen molar-refractivity contribution in [3.05, 3.63) is 42.6 Å². The Morgan fingerprint density at radius 3 is 2.67 bits per heavy atom. The van der Waals surface area contributed by atoms with E-state index in [1.807, 2.05) is 30.5 Å². The molecule has 0 aliphatic heterocycles. The van der Waals surface area contributed by atoms with Gasteiger partial charge in [-0.3, -0.25) is 0 Å². The number of rotatable bonds is 3. The van der Waals surface area contributed by atoms with E-state index in [9.17, 15) is 4.79 Å². The largest absolute Gasteiger partial charge is 0.465 e. The maximum absolute atomic E-state index is 12.0. The van der Waals surface area contributed by atoms with Gasteiger partial charge in [0.25, 0.3) is 0 Å². The predicted molar refractivity (Wildman–Crippen MR) is 85.2 cm³/mol. The molecule has 0 radical (unpaired) electrons. The fraction of sp³-hybridized carbons (Fsp3) is 0.389. The summed E-state index contributed by atoms with van der Waals surface area (Å²) in [5, 5.41) is 0.932. The first kappa shape index (κ1) is 13.9. The summed E-state index contributed by atoms with van der Waals surface area (Å²) in [5.74, 6) is 0.224. The maximum Gasteiger partial charge on any atom is 0.340 e. The van der Waals surface area contributed by atoms with Gasteiger partial charge in [0.15, 0.2) is 0 Å². The van der Waals surface area contributed by atoms with Crippen LogP contribution in [0.5, 0.6) is 0 Å². The SMILES string of the molecule is C=C(C1CCCCC1)n1cc(C(=O)OC)c2ccccc21. The monoisotopic (exact) mass is 283 g/mol. The van der Waals surface area contributed by atoms with Crippen molar-refractivity contribution in [2.45, 2.75) is 32.1 Å². The van der Waals surface area contributed by atoms with Crippen LogP contribution in [0.4, 0.5) is 0 Å². The van der Waals surface area contributed by atoms with Crippen molar-refractivity contribution in [3.63, 3.8) is 0 Å². The average Bonchev–Trinajstić information content (AvgIpc) is 2.94. The van der Waals surface area contributed by atoms with Gasteiger partial charge in [-0.05, 0) is 24.8 Å². The molecule has 0 saturated heterocycles. The van der Waals surface area contributed by atoms with E-state index in [0.29, 0.717) is 11.5 Å². The molecule has 1 aliphatic rings. The quantitative estimate of drug-likeness (QED) is 0.778. The van der Waals surface area contributed by atoms with Crippen molar-refractivity contribution in [1.29, 1.82) is 0 Å². The van der Waals surface area contributed by atoms with E-state index in [1.54, 1.807) is 0 Å². The molecule has 0 bridgehead atoms. The topological polar surface area (TPSA) is 31.2 Å². The van der Waals surface area contributed by atoms with Crippen molar-refractivity contribution in [3.8, 4) is 0 Å². The predicted octanol–water partition coefficient (Wildman–Crippen LogP) is 4.48. The van der Waals surface area contributed by atoms with Gasteiger partial charge in [-0.25, -0.2) is 4.79 Å². The fourth-order valence-corrected chi connectivity index (χ4v) is 3.32. The minimum Gasteiger partial charge on any atom is -0.465 e. The van der Waals surface area contributed by atoms with Gasteiger partial charge in [0.2, 0.25) is 0 Å². The summed E-state index contributed by atoms with van der Waals surface area (Å²) < 4.78 is 6.98. The third kappa shape index (κ3) is 2.48. The number of benzene rings is 1. The molecule has 3 nitrogen and oxygen atoms in total. The summed E-state index contributed by atoms with van der Waals surface area (Å²) in [7, 11) is 1.42. The highest BCUT2D eigenvalue weighted by molar-refractivity contribution is 6.05. The van der Waals surface area contributed by atoms with E-state index in [1.165, 1.54) is 39.2 Å². The van der Waals surface area contributed by atoms with Gasteiger partial charge in [0, 0.05) is 17.3 Å². The van der Waals surface area contributed by atoms with Crippen LogP contribution >= 0.6 is 0 Å². The van der Waals surface area contributed by atoms with Crippen molar-refractivity contribution in [1.82, 2.24) is 4.57 Å². The molecule has 2 aromatic rings. The lowest BCUT2D eigenvalue weighted by Crippen LogP contribution is -2.11. The van der Waals surface area contributed by atoms with E-state index in [-0.39, 0.29) is 5.97 Å². The highest BCUT2D eigenvalue weighted by atomic mass is 16.5. The number of ether oxygens (including phenoxy) is 1. The molecule has 0 N–H and O–H groups in total. The third-order valence-electron chi connectivity index (χ3n) is 4.50. The van der Waals surface area contributed by atoms with Crippen LogP contribution in [-0.4, -0.2) is 17.6 Å². The molecule has 0 spiro atoms. The highest BCUT2D eigenvalue weighted by Crippen LogP contribution is 2.34. The molecule has 1 fully saturated rings. The average molecular weight is 283 g/mol. The van der Waals surface area contributed by atoms with Gasteiger partial charge in [-0.2, -0.15) is 0 Å². The first-order valence-corrected chi connectivity index (χ1v) is 7.60. The van der Waals surface area contributed by atoms with Crippen LogP contribution in [0.25, 0.3) is 16.6 Å². The molecule has 110 valence electrons. The number of methoxy groups -OCH3 is 1. The number of hydrogen-bond acceptors (Lipinski definition) is 2. The fourth-order valence-electron chi connectivity index (χ4n) is 3.32. The molecule has 1 aliphatic carbocycles. The van der Waals surface area contributed by atoms with E-state index in [2.05, 4.69) is 11.1 Å². The first-order chi connectivity index (χ1) is 10.2. The Hall–Kier alpha value is -2.03. The number of nitrogens with zero attached hydrogens (tertiary/aromatic N) is 1. The lowest BCUT2D eigenvalue weighted by atomic mass is 9.87. The zero-order valence-corrected chi connectivity index (χ0v) is 12.5. The summed E-state index contributed by atoms with van der Waals surface area (Å²) >= 11 is 0. The second-order valence-electron chi connectivity index (χ2n) is 5.75. The summed E-state index contributed by atoms with van der Waals surface area (Å²) in [5.41, 5.74) is 2.75. The Morgan fingerprint density at radius 1 is 1.24 bits per heavy atom. The zero-order valence-electron chi connectivity index (χ0n) is 12.5. The van der Waals surface area contributed by atoms with E-state index < -0.39 is 0 Å². The van der Waals surface area contributed by atoms with Gasteiger partial charge in [-0.1, -0.05) is 44.0 Å². The Labute approximate surface area is 125 Å². The van der Waals surface area contributed by atoms with Crippen LogP contribution in [0.3, 0.4) is 0 Å². The molecular formula is C18H21NO2. The molecule has 1 heterocycles. The standard InChI is InChI=1S/C18H21NO2/c1-13(14-8-4-3-5-9-14)19-12-16(18(20)21-2)15-10-6-7-11-17(15)19/h6-7,10-12,14H,1,3-5,8-9H2,2H3. The maximum atomic E-state index is 12.0. The van der Waals surface area contributed by atoms with Crippen LogP contribution in [0, 0.1) is 5.92 Å². The number of carbonyl (C=O) groups is 1. The third-order valence-corrected chi connectivity index (χ3v) is 4.50. The second-order valence-corrected chi connectivity index (χ2v) is 5.75. The van der Waals surface area contributed by atoms with Crippen molar-refractivity contribution < 1.29 is 9.53 Å². The van der Waals surface area contributed by atoms with Gasteiger partial charge < -0.3 is 9.30 Å². The van der Waals surface area contributed by atoms with Gasteiger partial charge in [0.1, 0.15) is 0 Å². The molecule has 3 heteroatoms. The number of allylic oxidation sites excluding steroid dienone is 1. The molecule has 1 saturated carbocycles. The van der Waals surface area contributed by atoms with Gasteiger partial charge in [-0.15, -0.1) is 0 Å². The summed E-state index contributed by atoms with van der Waals surface area (Å²) in [6, 6.07) is 7.94. The van der Waals surface area contributed by atoms with E-state index in [0.717, 1.165) is 16.6 Å². The first-order valence-electron chi connectivity index (χ1n) is 7.60. The summed E-state index contributed by atoms with van der Waals surface area (Å²) in [4.78, 5) is 12.0. The van der Waals surface area contributed by atoms with Gasteiger partial charge in [0.05, 0.1) is 18.2 Å². The van der Waals surface area contributed by atoms with Crippen LogP contribution in [-0.2, 0) is 4.74 Å². The summed E-state index contributed by atoms with van der Waals surface area (Å²) in [6.07, 6.45) is 8.13. The molecule has 0 unspecified atom stereocenters. The Bertz CT molecular complexity index is 678. The van der Waals surface area contributed by atoms with Crippen molar-refractivity contribution in [2.24, 2.45) is 5.92 Å². The van der Waals surface area contributed by atoms with Crippen LogP contribution < -0.4 is 0 Å². The van der Waals surface area contributed by atoms with E-state index >= 15 is 0 Å². The minimum atomic E-state index is -0.290. The molecule has 1 aromatic heterocycles. The smallest absolute Gasteiger partial charge is 0.340 e. The number of fused-ring (bicyclic) bond motifs is 1. The minimum absolute atomic E-state index is 0.290. The normalized spacial score (nSPS) is 16.0. The van der Waals surface area contributed by atoms with Crippen molar-refractivity contribution in [2.75, 3.05) is 7.11 Å². The molecule has 21 heavy (non-hydrogen) atoms. The lowest BCUT2D eigenvalue weighted by Gasteiger charge is -2.24. The second kappa shape index (κ2) is 5.76. The number of carbonyl (C=O) groups excluding carboxylic acids is 1. The molecule has 0 amide bonds. The molecule has 0 atom stereocenters. The number of hydrogen-bond donors (Lipinski definition) is 0. The van der Waals surface area contributed by atoms with Crippen molar-refractivity contribution >= 4 is 22.6 Å². The molecule has 3 rings (SSSR count). The molecule has 1 aromatic carbocycles. The van der Waals surface area contributed by atoms with Crippen LogP contribution in [0.1, 0.15) is 42.5 Å². The molecular weight excluding hydrogens is 262 g/mol. The Kier molecular flexibility index (Phi) is 3.82. The lowest BCUT2D eigenvalue weighted by molar-refractivity contribution is 0.0603. The number of aromatic nitrogens is 1. The number of esters is 1. The van der Waals surface area contributed by atoms with E-state index in [4.69, 9.17) is 4.74 Å². The Balaban J connectivity index is 2.05. The highest BCUT2D eigenvalue weighted by Gasteiger charge is 2.21.